The lowest BCUT2D eigenvalue weighted by atomic mass is 9.49. The van der Waals surface area contributed by atoms with Crippen molar-refractivity contribution in [2.75, 3.05) is 27.2 Å². The predicted molar refractivity (Wildman–Crippen MR) is 97.9 cm³/mol. The molecule has 128 valence electrons. The van der Waals surface area contributed by atoms with Crippen molar-refractivity contribution in [3.63, 3.8) is 0 Å². The Kier molecular flexibility index (Phi) is 6.16. The van der Waals surface area contributed by atoms with Crippen LogP contribution in [0.3, 0.4) is 0 Å². The van der Waals surface area contributed by atoms with E-state index in [1.807, 2.05) is 0 Å². The minimum absolute atomic E-state index is 0.587. The van der Waals surface area contributed by atoms with Crippen molar-refractivity contribution in [2.45, 2.75) is 78.6 Å². The molecule has 1 heteroatoms. The summed E-state index contributed by atoms with van der Waals surface area (Å²) in [6, 6.07) is 0. The molecule has 22 heavy (non-hydrogen) atoms. The minimum atomic E-state index is 0.587. The van der Waals surface area contributed by atoms with Gasteiger partial charge in [-0.3, -0.25) is 0 Å². The zero-order valence-electron chi connectivity index (χ0n) is 16.0. The zero-order chi connectivity index (χ0) is 16.2. The van der Waals surface area contributed by atoms with Crippen LogP contribution in [0.1, 0.15) is 78.6 Å². The maximum Gasteiger partial charge on any atom is 0.100 e. The summed E-state index contributed by atoms with van der Waals surface area (Å²) in [6.45, 7) is 9.92. The fourth-order valence-electron chi connectivity index (χ4n) is 4.73. The molecule has 2 unspecified atom stereocenters. The molecule has 0 spiro atoms. The van der Waals surface area contributed by atoms with Crippen LogP contribution in [0.15, 0.2) is 11.6 Å². The van der Waals surface area contributed by atoms with E-state index in [1.54, 1.807) is 5.57 Å². The van der Waals surface area contributed by atoms with Gasteiger partial charge in [0.2, 0.25) is 0 Å². The highest BCUT2D eigenvalue weighted by molar-refractivity contribution is 5.23. The Hall–Kier alpha value is -0.300. The average Bonchev–Trinajstić information content (AvgIpc) is 2.45. The van der Waals surface area contributed by atoms with Crippen LogP contribution in [-0.2, 0) is 0 Å². The lowest BCUT2D eigenvalue weighted by Crippen LogP contribution is -2.52. The summed E-state index contributed by atoms with van der Waals surface area (Å²) in [7, 11) is 4.88. The van der Waals surface area contributed by atoms with Crippen LogP contribution in [0.5, 0.6) is 0 Å². The van der Waals surface area contributed by atoms with Gasteiger partial charge in [0.15, 0.2) is 0 Å². The largest absolute Gasteiger partial charge is 0.325 e. The predicted octanol–water partition coefficient (Wildman–Crippen LogP) is 5.81. The molecule has 0 amide bonds. The van der Waals surface area contributed by atoms with Gasteiger partial charge in [0, 0.05) is 0 Å². The Balaban J connectivity index is 1.67. The Bertz CT molecular complexity index is 377. The molecule has 2 bridgehead atoms. The Labute approximate surface area is 139 Å². The van der Waals surface area contributed by atoms with Crippen molar-refractivity contribution in [2.24, 2.45) is 17.3 Å². The highest BCUT2D eigenvalue weighted by Gasteiger charge is 2.51. The molecule has 0 N–H and O–H groups in total. The molecule has 0 heterocycles. The summed E-state index contributed by atoms with van der Waals surface area (Å²) >= 11 is 0. The molecule has 2 atom stereocenters. The van der Waals surface area contributed by atoms with Crippen molar-refractivity contribution < 1.29 is 4.48 Å². The van der Waals surface area contributed by atoms with Crippen LogP contribution in [0.25, 0.3) is 0 Å². The molecule has 0 aromatic rings. The van der Waals surface area contributed by atoms with Crippen LogP contribution in [0.4, 0.5) is 0 Å². The molecule has 1 fully saturated rings. The van der Waals surface area contributed by atoms with Crippen molar-refractivity contribution in [1.29, 1.82) is 0 Å². The van der Waals surface area contributed by atoms with Gasteiger partial charge in [-0.2, -0.15) is 0 Å². The summed E-state index contributed by atoms with van der Waals surface area (Å²) < 4.78 is 1.19. The van der Waals surface area contributed by atoms with E-state index >= 15 is 0 Å². The number of quaternary nitrogens is 1. The second kappa shape index (κ2) is 7.51. The number of hydrogen-bond donors (Lipinski definition) is 0. The fraction of sp³-hybridized carbons (Fsp3) is 0.905. The highest BCUT2D eigenvalue weighted by atomic mass is 15.3. The molecular formula is C21H40N+. The lowest BCUT2D eigenvalue weighted by Gasteiger charge is -2.57. The first-order valence-electron chi connectivity index (χ1n) is 9.88. The standard InChI is InChI=1S/C21H40N/c1-6-7-8-9-10-11-12-15-22(4,5)17-18-13-14-19-16-20(18)21(19,2)3/h13,19-20H,6-12,14-17H2,1-5H3/q+1. The van der Waals surface area contributed by atoms with Crippen molar-refractivity contribution in [3.05, 3.63) is 11.6 Å². The van der Waals surface area contributed by atoms with E-state index in [4.69, 9.17) is 0 Å². The van der Waals surface area contributed by atoms with Crippen molar-refractivity contribution in [1.82, 2.24) is 0 Å². The first-order chi connectivity index (χ1) is 10.4. The van der Waals surface area contributed by atoms with Crippen molar-refractivity contribution >= 4 is 0 Å². The van der Waals surface area contributed by atoms with Gasteiger partial charge in [-0.05, 0) is 48.5 Å². The normalized spacial score (nSPS) is 26.5. The van der Waals surface area contributed by atoms with Gasteiger partial charge < -0.3 is 4.48 Å². The molecule has 0 radical (unpaired) electrons. The number of hydrogen-bond acceptors (Lipinski definition) is 0. The minimum Gasteiger partial charge on any atom is -0.325 e. The quantitative estimate of drug-likeness (QED) is 0.271. The molecule has 0 aliphatic heterocycles. The topological polar surface area (TPSA) is 0 Å². The van der Waals surface area contributed by atoms with Gasteiger partial charge in [-0.25, -0.2) is 0 Å². The SMILES string of the molecule is CCCCCCCCC[N+](C)(C)CC1=CCC2CC1C2(C)C. The van der Waals surface area contributed by atoms with Crippen molar-refractivity contribution in [3.8, 4) is 0 Å². The third-order valence-electron chi connectivity index (χ3n) is 6.56. The van der Waals surface area contributed by atoms with Gasteiger partial charge in [-0.15, -0.1) is 0 Å². The van der Waals surface area contributed by atoms with Crippen LogP contribution < -0.4 is 0 Å². The monoisotopic (exact) mass is 306 g/mol. The molecule has 3 aliphatic rings. The number of rotatable bonds is 10. The number of likely N-dealkylation sites (N-methyl/N-ethyl adjacent to an activating group) is 1. The number of nitrogens with zero attached hydrogens (tertiary/aromatic N) is 1. The van der Waals surface area contributed by atoms with Crippen LogP contribution >= 0.6 is 0 Å². The molecule has 0 saturated heterocycles. The van der Waals surface area contributed by atoms with Crippen LogP contribution in [0.2, 0.25) is 0 Å². The molecule has 3 aliphatic carbocycles. The van der Waals surface area contributed by atoms with Crippen LogP contribution in [0, 0.1) is 17.3 Å². The van der Waals surface area contributed by atoms with E-state index in [9.17, 15) is 0 Å². The van der Waals surface area contributed by atoms with E-state index in [-0.39, 0.29) is 0 Å². The Morgan fingerprint density at radius 2 is 1.68 bits per heavy atom. The fourth-order valence-corrected chi connectivity index (χ4v) is 4.73. The maximum absolute atomic E-state index is 2.59. The Morgan fingerprint density at radius 1 is 1.05 bits per heavy atom. The van der Waals surface area contributed by atoms with E-state index in [1.165, 1.54) is 75.4 Å². The summed E-state index contributed by atoms with van der Waals surface area (Å²) in [5.41, 5.74) is 2.36. The van der Waals surface area contributed by atoms with Gasteiger partial charge >= 0.3 is 0 Å². The van der Waals surface area contributed by atoms with E-state index in [2.05, 4.69) is 40.9 Å². The second-order valence-corrected chi connectivity index (χ2v) is 9.26. The first-order valence-corrected chi connectivity index (χ1v) is 9.88. The number of fused-ring (bicyclic) bond motifs is 1. The summed E-state index contributed by atoms with van der Waals surface area (Å²) in [5.74, 6) is 1.86. The molecule has 0 aromatic carbocycles. The zero-order valence-corrected chi connectivity index (χ0v) is 16.0. The third-order valence-corrected chi connectivity index (χ3v) is 6.56. The van der Waals surface area contributed by atoms with Gasteiger partial charge in [-0.1, -0.05) is 59.0 Å². The second-order valence-electron chi connectivity index (χ2n) is 9.26. The molecule has 1 saturated carbocycles. The van der Waals surface area contributed by atoms with E-state index in [0.717, 1.165) is 11.8 Å². The number of allylic oxidation sites excluding steroid dienone is 1. The molecule has 3 rings (SSSR count). The summed E-state index contributed by atoms with van der Waals surface area (Å²) in [4.78, 5) is 0. The van der Waals surface area contributed by atoms with E-state index < -0.39 is 0 Å². The van der Waals surface area contributed by atoms with Gasteiger partial charge in [0.25, 0.3) is 0 Å². The maximum atomic E-state index is 2.59. The summed E-state index contributed by atoms with van der Waals surface area (Å²) in [5, 5.41) is 0. The molecular weight excluding hydrogens is 266 g/mol. The molecule has 0 aromatic heterocycles. The third kappa shape index (κ3) is 4.37. The number of unbranched alkanes of at least 4 members (excludes halogenated alkanes) is 6. The first kappa shape index (κ1) is 18.0. The Morgan fingerprint density at radius 3 is 2.27 bits per heavy atom. The average molecular weight is 307 g/mol. The highest BCUT2D eigenvalue weighted by Crippen LogP contribution is 2.59. The lowest BCUT2D eigenvalue weighted by molar-refractivity contribution is -0.886. The van der Waals surface area contributed by atoms with Gasteiger partial charge in [0.05, 0.1) is 20.6 Å². The summed E-state index contributed by atoms with van der Waals surface area (Å²) in [6.07, 6.45) is 15.4. The van der Waals surface area contributed by atoms with Crippen LogP contribution in [-0.4, -0.2) is 31.7 Å². The smallest absolute Gasteiger partial charge is 0.100 e. The van der Waals surface area contributed by atoms with E-state index in [0.29, 0.717) is 5.41 Å². The molecule has 1 nitrogen and oxygen atoms in total. The van der Waals surface area contributed by atoms with Gasteiger partial charge in [0.1, 0.15) is 6.54 Å².